The van der Waals surface area contributed by atoms with Gasteiger partial charge in [0.1, 0.15) is 11.8 Å². The van der Waals surface area contributed by atoms with Crippen molar-refractivity contribution in [3.63, 3.8) is 0 Å². The first kappa shape index (κ1) is 20.9. The van der Waals surface area contributed by atoms with Crippen LogP contribution in [-0.2, 0) is 14.8 Å². The van der Waals surface area contributed by atoms with Gasteiger partial charge in [-0.2, -0.15) is 4.72 Å². The summed E-state index contributed by atoms with van der Waals surface area (Å²) in [6.07, 6.45) is 0. The van der Waals surface area contributed by atoms with Gasteiger partial charge in [-0.15, -0.1) is 0 Å². The number of carbonyl (C=O) groups is 1. The van der Waals surface area contributed by atoms with Gasteiger partial charge in [-0.25, -0.2) is 8.42 Å². The molecule has 0 saturated carbocycles. The van der Waals surface area contributed by atoms with E-state index < -0.39 is 16.1 Å². The summed E-state index contributed by atoms with van der Waals surface area (Å²) in [5.74, 6) is 0.297. The van der Waals surface area contributed by atoms with Crippen molar-refractivity contribution in [1.29, 1.82) is 0 Å². The molecule has 1 N–H and O–H groups in total. The Morgan fingerprint density at radius 1 is 1.11 bits per heavy atom. The molecule has 0 fully saturated rings. The molecule has 0 unspecified atom stereocenters. The average molecular weight is 391 g/mol. The van der Waals surface area contributed by atoms with Crippen molar-refractivity contribution in [2.24, 2.45) is 0 Å². The van der Waals surface area contributed by atoms with Crippen LogP contribution in [0.5, 0.6) is 5.75 Å². The van der Waals surface area contributed by atoms with Crippen molar-refractivity contribution < 1.29 is 17.9 Å². The summed E-state index contributed by atoms with van der Waals surface area (Å²) in [5, 5.41) is 0. The van der Waals surface area contributed by atoms with Crippen LogP contribution in [0.4, 0.5) is 0 Å². The third kappa shape index (κ3) is 4.87. The molecular weight excluding hydrogens is 364 g/mol. The highest BCUT2D eigenvalue weighted by Gasteiger charge is 2.30. The van der Waals surface area contributed by atoms with Crippen molar-refractivity contribution >= 4 is 15.9 Å². The number of sulfonamides is 1. The number of methoxy groups -OCH3 is 1. The molecule has 1 atom stereocenters. The third-order valence-electron chi connectivity index (χ3n) is 4.40. The van der Waals surface area contributed by atoms with Gasteiger partial charge in [-0.3, -0.25) is 4.79 Å². The first-order valence-electron chi connectivity index (χ1n) is 8.84. The van der Waals surface area contributed by atoms with Crippen LogP contribution in [0.15, 0.2) is 53.4 Å². The fourth-order valence-electron chi connectivity index (χ4n) is 2.89. The molecule has 0 aromatic heterocycles. The van der Waals surface area contributed by atoms with Crippen molar-refractivity contribution in [2.45, 2.75) is 31.7 Å². The number of benzene rings is 2. The van der Waals surface area contributed by atoms with Crippen LogP contribution in [0.25, 0.3) is 0 Å². The highest BCUT2D eigenvalue weighted by molar-refractivity contribution is 7.89. The monoisotopic (exact) mass is 390 g/mol. The van der Waals surface area contributed by atoms with E-state index in [0.29, 0.717) is 30.0 Å². The number of hydrogen-bond donors (Lipinski definition) is 1. The van der Waals surface area contributed by atoms with Gasteiger partial charge in [-0.05, 0) is 50.1 Å². The minimum absolute atomic E-state index is 0.122. The molecule has 0 bridgehead atoms. The molecule has 146 valence electrons. The SMILES string of the molecule is CCN(CC)C(=O)[C@@H](NS(=O)(=O)c1ccc(OC)cc1C)c1ccccc1. The molecule has 0 aliphatic rings. The molecule has 2 aromatic rings. The van der Waals surface area contributed by atoms with Gasteiger partial charge < -0.3 is 9.64 Å². The van der Waals surface area contributed by atoms with Gasteiger partial charge in [0.25, 0.3) is 0 Å². The second-order valence-electron chi connectivity index (χ2n) is 6.11. The van der Waals surface area contributed by atoms with Crippen LogP contribution in [0.1, 0.15) is 31.0 Å². The second kappa shape index (κ2) is 9.01. The zero-order valence-electron chi connectivity index (χ0n) is 16.1. The van der Waals surface area contributed by atoms with Crippen LogP contribution in [0.3, 0.4) is 0 Å². The van der Waals surface area contributed by atoms with E-state index in [2.05, 4.69) is 4.72 Å². The molecule has 27 heavy (non-hydrogen) atoms. The Morgan fingerprint density at radius 3 is 2.26 bits per heavy atom. The maximum Gasteiger partial charge on any atom is 0.245 e. The van der Waals surface area contributed by atoms with Gasteiger partial charge in [0.15, 0.2) is 0 Å². The Hall–Kier alpha value is -2.38. The zero-order valence-corrected chi connectivity index (χ0v) is 16.9. The third-order valence-corrected chi connectivity index (χ3v) is 5.98. The molecule has 0 aliphatic heterocycles. The molecule has 0 saturated heterocycles. The van der Waals surface area contributed by atoms with Crippen molar-refractivity contribution in [3.8, 4) is 5.75 Å². The summed E-state index contributed by atoms with van der Waals surface area (Å²) < 4.78 is 33.8. The number of rotatable bonds is 8. The van der Waals surface area contributed by atoms with Crippen LogP contribution in [0.2, 0.25) is 0 Å². The lowest BCUT2D eigenvalue weighted by Gasteiger charge is -2.26. The van der Waals surface area contributed by atoms with E-state index in [1.54, 1.807) is 48.2 Å². The lowest BCUT2D eigenvalue weighted by molar-refractivity contribution is -0.132. The summed E-state index contributed by atoms with van der Waals surface area (Å²) >= 11 is 0. The highest BCUT2D eigenvalue weighted by Crippen LogP contribution is 2.24. The Labute approximate surface area is 161 Å². The Bertz CT molecular complexity index is 878. The van der Waals surface area contributed by atoms with Gasteiger partial charge in [0, 0.05) is 13.1 Å². The van der Waals surface area contributed by atoms with Crippen LogP contribution < -0.4 is 9.46 Å². The molecule has 0 radical (unpaired) electrons. The zero-order chi connectivity index (χ0) is 20.0. The first-order valence-corrected chi connectivity index (χ1v) is 10.3. The Balaban J connectivity index is 2.44. The minimum Gasteiger partial charge on any atom is -0.497 e. The number of likely N-dealkylation sites (N-methyl/N-ethyl adjacent to an activating group) is 1. The van der Waals surface area contributed by atoms with E-state index in [1.807, 2.05) is 19.9 Å². The number of carbonyl (C=O) groups excluding carboxylic acids is 1. The van der Waals surface area contributed by atoms with Crippen LogP contribution >= 0.6 is 0 Å². The van der Waals surface area contributed by atoms with Crippen molar-refractivity contribution in [2.75, 3.05) is 20.2 Å². The quantitative estimate of drug-likeness (QED) is 0.752. The van der Waals surface area contributed by atoms with Gasteiger partial charge in [-0.1, -0.05) is 30.3 Å². The number of amides is 1. The van der Waals surface area contributed by atoms with E-state index in [9.17, 15) is 13.2 Å². The predicted octanol–water partition coefficient (Wildman–Crippen LogP) is 2.89. The first-order chi connectivity index (χ1) is 12.8. The van der Waals surface area contributed by atoms with Gasteiger partial charge >= 0.3 is 0 Å². The van der Waals surface area contributed by atoms with Crippen molar-refractivity contribution in [3.05, 3.63) is 59.7 Å². The van der Waals surface area contributed by atoms with E-state index in [1.165, 1.54) is 13.2 Å². The molecule has 0 heterocycles. The molecule has 0 spiro atoms. The van der Waals surface area contributed by atoms with Crippen LogP contribution in [-0.4, -0.2) is 39.4 Å². The highest BCUT2D eigenvalue weighted by atomic mass is 32.2. The number of hydrogen-bond acceptors (Lipinski definition) is 4. The molecule has 1 amide bonds. The Morgan fingerprint density at radius 2 is 1.74 bits per heavy atom. The van der Waals surface area contributed by atoms with E-state index in [0.717, 1.165) is 0 Å². The lowest BCUT2D eigenvalue weighted by atomic mass is 10.1. The molecule has 7 heteroatoms. The Kier molecular flexibility index (Phi) is 6.98. The lowest BCUT2D eigenvalue weighted by Crippen LogP contribution is -2.43. The van der Waals surface area contributed by atoms with E-state index >= 15 is 0 Å². The topological polar surface area (TPSA) is 75.7 Å². The second-order valence-corrected chi connectivity index (χ2v) is 7.79. The molecule has 0 aliphatic carbocycles. The summed E-state index contributed by atoms with van der Waals surface area (Å²) in [7, 11) is -2.39. The molecular formula is C20H26N2O4S. The van der Waals surface area contributed by atoms with E-state index in [4.69, 9.17) is 4.74 Å². The number of nitrogens with zero attached hydrogens (tertiary/aromatic N) is 1. The fourth-order valence-corrected chi connectivity index (χ4v) is 4.30. The molecule has 6 nitrogen and oxygen atoms in total. The standard InChI is InChI=1S/C20H26N2O4S/c1-5-22(6-2)20(23)19(16-10-8-7-9-11-16)21-27(24,25)18-13-12-17(26-4)14-15(18)3/h7-14,19,21H,5-6H2,1-4H3/t19-/m0/s1. The summed E-state index contributed by atoms with van der Waals surface area (Å²) in [5.41, 5.74) is 1.15. The van der Waals surface area contributed by atoms with Crippen LogP contribution in [0, 0.1) is 6.92 Å². The summed E-state index contributed by atoms with van der Waals surface area (Å²) in [6, 6.07) is 12.6. The molecule has 2 rings (SSSR count). The number of nitrogens with one attached hydrogen (secondary N) is 1. The number of ether oxygens (including phenoxy) is 1. The minimum atomic E-state index is -3.91. The average Bonchev–Trinajstić information content (AvgIpc) is 2.67. The predicted molar refractivity (Wildman–Crippen MR) is 105 cm³/mol. The number of aryl methyl sites for hydroxylation is 1. The van der Waals surface area contributed by atoms with Gasteiger partial charge in [0.2, 0.25) is 15.9 Å². The van der Waals surface area contributed by atoms with Crippen molar-refractivity contribution in [1.82, 2.24) is 9.62 Å². The van der Waals surface area contributed by atoms with E-state index in [-0.39, 0.29) is 10.8 Å². The fraction of sp³-hybridized carbons (Fsp3) is 0.350. The largest absolute Gasteiger partial charge is 0.497 e. The molecule has 2 aromatic carbocycles. The normalized spacial score (nSPS) is 12.4. The summed E-state index contributed by atoms with van der Waals surface area (Å²) in [6.45, 7) is 6.43. The maximum atomic E-state index is 13.0. The van der Waals surface area contributed by atoms with Gasteiger partial charge in [0.05, 0.1) is 12.0 Å². The smallest absolute Gasteiger partial charge is 0.245 e. The maximum absolute atomic E-state index is 13.0. The summed E-state index contributed by atoms with van der Waals surface area (Å²) in [4.78, 5) is 14.7.